The van der Waals surface area contributed by atoms with Crippen LogP contribution < -0.4 is 10.1 Å². The maximum Gasteiger partial charge on any atom is 0.155 e. The summed E-state index contributed by atoms with van der Waals surface area (Å²) in [6.07, 6.45) is 5.79. The summed E-state index contributed by atoms with van der Waals surface area (Å²) in [5, 5.41) is 3.14. The number of ether oxygens (including phenoxy) is 1. The molecule has 0 spiro atoms. The van der Waals surface area contributed by atoms with Gasteiger partial charge >= 0.3 is 0 Å². The summed E-state index contributed by atoms with van der Waals surface area (Å²) in [6.45, 7) is 2.81. The van der Waals surface area contributed by atoms with E-state index in [0.29, 0.717) is 12.6 Å². The third-order valence-corrected chi connectivity index (χ3v) is 1.85. The fourth-order valence-electron chi connectivity index (χ4n) is 0.858. The molecule has 0 aliphatic heterocycles. The van der Waals surface area contributed by atoms with E-state index < -0.39 is 0 Å². The zero-order chi connectivity index (χ0) is 9.52. The predicted molar refractivity (Wildman–Crippen MR) is 50.7 cm³/mol. The summed E-state index contributed by atoms with van der Waals surface area (Å²) in [6, 6.07) is 0.477. The van der Waals surface area contributed by atoms with Gasteiger partial charge < -0.3 is 10.1 Å². The molecule has 1 rings (SSSR count). The lowest BCUT2D eigenvalue weighted by molar-refractivity contribution is 0.291. The second-order valence-corrected chi connectivity index (χ2v) is 2.90. The highest BCUT2D eigenvalue weighted by Gasteiger charge is 1.98. The molecular weight excluding hydrogens is 166 g/mol. The summed E-state index contributed by atoms with van der Waals surface area (Å²) >= 11 is 0. The van der Waals surface area contributed by atoms with Gasteiger partial charge in [-0.2, -0.15) is 0 Å². The molecule has 0 fully saturated rings. The molecule has 0 aliphatic rings. The molecule has 1 aromatic heterocycles. The van der Waals surface area contributed by atoms with Gasteiger partial charge in [0.05, 0.1) is 19.0 Å². The third kappa shape index (κ3) is 3.85. The fraction of sp³-hybridized carbons (Fsp3) is 0.556. The maximum atomic E-state index is 5.41. The molecule has 1 unspecified atom stereocenters. The molecule has 4 nitrogen and oxygen atoms in total. The number of rotatable bonds is 5. The SMILES string of the molecule is CNC(C)CCOc1cncnc1. The van der Waals surface area contributed by atoms with Crippen LogP contribution in [0.15, 0.2) is 18.7 Å². The van der Waals surface area contributed by atoms with Crippen molar-refractivity contribution in [2.24, 2.45) is 0 Å². The van der Waals surface area contributed by atoms with Crippen LogP contribution in [0.5, 0.6) is 5.75 Å². The molecule has 1 aromatic rings. The highest BCUT2D eigenvalue weighted by Crippen LogP contribution is 2.04. The van der Waals surface area contributed by atoms with Crippen molar-refractivity contribution in [2.75, 3.05) is 13.7 Å². The maximum absolute atomic E-state index is 5.41. The van der Waals surface area contributed by atoms with E-state index in [1.807, 2.05) is 7.05 Å². The van der Waals surface area contributed by atoms with E-state index in [1.54, 1.807) is 12.4 Å². The first-order chi connectivity index (χ1) is 6.33. The fourth-order valence-corrected chi connectivity index (χ4v) is 0.858. The van der Waals surface area contributed by atoms with Crippen LogP contribution in [0.2, 0.25) is 0 Å². The third-order valence-electron chi connectivity index (χ3n) is 1.85. The van der Waals surface area contributed by atoms with Crippen LogP contribution in [-0.4, -0.2) is 29.7 Å². The number of nitrogens with one attached hydrogen (secondary N) is 1. The molecule has 0 aromatic carbocycles. The van der Waals surface area contributed by atoms with Crippen LogP contribution in [0.1, 0.15) is 13.3 Å². The molecule has 0 saturated heterocycles. The van der Waals surface area contributed by atoms with Crippen molar-refractivity contribution in [3.63, 3.8) is 0 Å². The molecule has 72 valence electrons. The van der Waals surface area contributed by atoms with Gasteiger partial charge in [0.2, 0.25) is 0 Å². The molecule has 13 heavy (non-hydrogen) atoms. The van der Waals surface area contributed by atoms with E-state index in [1.165, 1.54) is 6.33 Å². The van der Waals surface area contributed by atoms with Gasteiger partial charge in [-0.1, -0.05) is 0 Å². The van der Waals surface area contributed by atoms with Gasteiger partial charge in [-0.25, -0.2) is 9.97 Å². The first kappa shape index (κ1) is 9.92. The Bertz CT molecular complexity index is 228. The van der Waals surface area contributed by atoms with Crippen molar-refractivity contribution < 1.29 is 4.74 Å². The minimum atomic E-state index is 0.477. The Hall–Kier alpha value is -1.16. The number of hydrogen-bond acceptors (Lipinski definition) is 4. The molecule has 0 amide bonds. The second kappa shape index (κ2) is 5.48. The zero-order valence-electron chi connectivity index (χ0n) is 8.03. The van der Waals surface area contributed by atoms with Crippen LogP contribution >= 0.6 is 0 Å². The Kier molecular flexibility index (Phi) is 4.18. The van der Waals surface area contributed by atoms with E-state index in [-0.39, 0.29) is 0 Å². The van der Waals surface area contributed by atoms with Gasteiger partial charge in [-0.3, -0.25) is 0 Å². The molecule has 0 bridgehead atoms. The van der Waals surface area contributed by atoms with E-state index in [2.05, 4.69) is 22.2 Å². The van der Waals surface area contributed by atoms with E-state index in [4.69, 9.17) is 4.74 Å². The molecule has 1 N–H and O–H groups in total. The number of nitrogens with zero attached hydrogens (tertiary/aromatic N) is 2. The molecule has 4 heteroatoms. The Morgan fingerprint density at radius 1 is 1.46 bits per heavy atom. The molecule has 0 aliphatic carbocycles. The van der Waals surface area contributed by atoms with Crippen molar-refractivity contribution in [3.8, 4) is 5.75 Å². The van der Waals surface area contributed by atoms with Crippen LogP contribution in [0.25, 0.3) is 0 Å². The summed E-state index contributed by atoms with van der Waals surface area (Å²) in [4.78, 5) is 7.70. The molecule has 1 atom stereocenters. The summed E-state index contributed by atoms with van der Waals surface area (Å²) in [5.74, 6) is 0.728. The minimum Gasteiger partial charge on any atom is -0.490 e. The Morgan fingerprint density at radius 3 is 2.77 bits per heavy atom. The van der Waals surface area contributed by atoms with Crippen molar-refractivity contribution in [1.82, 2.24) is 15.3 Å². The zero-order valence-corrected chi connectivity index (χ0v) is 8.03. The lowest BCUT2D eigenvalue weighted by Gasteiger charge is -2.10. The highest BCUT2D eigenvalue weighted by molar-refractivity contribution is 5.09. The lowest BCUT2D eigenvalue weighted by Crippen LogP contribution is -2.23. The smallest absolute Gasteiger partial charge is 0.155 e. The quantitative estimate of drug-likeness (QED) is 0.731. The van der Waals surface area contributed by atoms with Gasteiger partial charge in [0, 0.05) is 6.04 Å². The predicted octanol–water partition coefficient (Wildman–Crippen LogP) is 0.853. The van der Waals surface area contributed by atoms with Gasteiger partial charge in [0.15, 0.2) is 5.75 Å². The Balaban J connectivity index is 2.20. The van der Waals surface area contributed by atoms with Crippen molar-refractivity contribution in [3.05, 3.63) is 18.7 Å². The molecule has 0 radical (unpaired) electrons. The normalized spacial score (nSPS) is 12.5. The Morgan fingerprint density at radius 2 is 2.15 bits per heavy atom. The first-order valence-corrected chi connectivity index (χ1v) is 4.38. The van der Waals surface area contributed by atoms with Gasteiger partial charge in [0.25, 0.3) is 0 Å². The molecular formula is C9H15N3O. The minimum absolute atomic E-state index is 0.477. The van der Waals surface area contributed by atoms with Crippen molar-refractivity contribution in [1.29, 1.82) is 0 Å². The van der Waals surface area contributed by atoms with Crippen molar-refractivity contribution >= 4 is 0 Å². The van der Waals surface area contributed by atoms with Gasteiger partial charge in [-0.15, -0.1) is 0 Å². The summed E-state index contributed by atoms with van der Waals surface area (Å²) in [5.41, 5.74) is 0. The van der Waals surface area contributed by atoms with Crippen LogP contribution in [-0.2, 0) is 0 Å². The lowest BCUT2D eigenvalue weighted by atomic mass is 10.2. The highest BCUT2D eigenvalue weighted by atomic mass is 16.5. The number of aromatic nitrogens is 2. The van der Waals surface area contributed by atoms with Crippen LogP contribution in [0, 0.1) is 0 Å². The standard InChI is InChI=1S/C9H15N3O/c1-8(10-2)3-4-13-9-5-11-7-12-6-9/h5-8,10H,3-4H2,1-2H3. The van der Waals surface area contributed by atoms with E-state index in [0.717, 1.165) is 12.2 Å². The number of hydrogen-bond donors (Lipinski definition) is 1. The monoisotopic (exact) mass is 181 g/mol. The topological polar surface area (TPSA) is 47.0 Å². The Labute approximate surface area is 78.4 Å². The summed E-state index contributed by atoms with van der Waals surface area (Å²) < 4.78 is 5.41. The second-order valence-electron chi connectivity index (χ2n) is 2.90. The van der Waals surface area contributed by atoms with Crippen LogP contribution in [0.4, 0.5) is 0 Å². The van der Waals surface area contributed by atoms with Gasteiger partial charge in [-0.05, 0) is 20.4 Å². The molecule has 0 saturated carbocycles. The average molecular weight is 181 g/mol. The molecule has 1 heterocycles. The van der Waals surface area contributed by atoms with Crippen LogP contribution in [0.3, 0.4) is 0 Å². The van der Waals surface area contributed by atoms with E-state index in [9.17, 15) is 0 Å². The van der Waals surface area contributed by atoms with Gasteiger partial charge in [0.1, 0.15) is 6.33 Å². The largest absolute Gasteiger partial charge is 0.490 e. The first-order valence-electron chi connectivity index (χ1n) is 4.38. The summed E-state index contributed by atoms with van der Waals surface area (Å²) in [7, 11) is 1.94. The average Bonchev–Trinajstić information content (AvgIpc) is 2.19. The van der Waals surface area contributed by atoms with E-state index >= 15 is 0 Å². The van der Waals surface area contributed by atoms with Crippen molar-refractivity contribution in [2.45, 2.75) is 19.4 Å².